The lowest BCUT2D eigenvalue weighted by atomic mass is 9.76. The van der Waals surface area contributed by atoms with Gasteiger partial charge in [0.2, 0.25) is 5.91 Å². The number of aliphatic hydroxyl groups excluding tert-OH is 1. The van der Waals surface area contributed by atoms with Crippen LogP contribution in [0.2, 0.25) is 0 Å². The maximum Gasteiger partial charge on any atom is 0.416 e. The normalized spacial score (nSPS) is 20.8. The molecule has 2 atom stereocenters. The fourth-order valence-electron chi connectivity index (χ4n) is 3.01. The second kappa shape index (κ2) is 5.70. The molecule has 0 aliphatic carbocycles. The van der Waals surface area contributed by atoms with Crippen LogP contribution in [0.5, 0.6) is 0 Å². The van der Waals surface area contributed by atoms with Crippen LogP contribution in [-0.2, 0) is 11.0 Å². The highest BCUT2D eigenvalue weighted by molar-refractivity contribution is 5.97. The van der Waals surface area contributed by atoms with Crippen LogP contribution < -0.4 is 5.32 Å². The highest BCUT2D eigenvalue weighted by Gasteiger charge is 2.41. The van der Waals surface area contributed by atoms with E-state index in [0.29, 0.717) is 11.3 Å². The van der Waals surface area contributed by atoms with E-state index in [9.17, 15) is 23.1 Å². The van der Waals surface area contributed by atoms with Crippen molar-refractivity contribution in [2.75, 3.05) is 11.9 Å². The van der Waals surface area contributed by atoms with E-state index in [2.05, 4.69) is 11.4 Å². The quantitative estimate of drug-likeness (QED) is 0.893. The van der Waals surface area contributed by atoms with E-state index in [0.717, 1.165) is 6.07 Å². The molecule has 6 heteroatoms. The Hall–Kier alpha value is -2.34. The van der Waals surface area contributed by atoms with Gasteiger partial charge in [-0.2, -0.15) is 13.2 Å². The Kier molecular flexibility index (Phi) is 3.85. The average molecular weight is 320 g/mol. The van der Waals surface area contributed by atoms with Crippen molar-refractivity contribution in [2.45, 2.75) is 12.1 Å². The molecule has 0 saturated heterocycles. The molecule has 1 aliphatic rings. The monoisotopic (exact) mass is 320 g/mol. The highest BCUT2D eigenvalue weighted by atomic mass is 19.4. The molecule has 2 N–H and O–H groups in total. The first kappa shape index (κ1) is 15.6. The van der Waals surface area contributed by atoms with Crippen LogP contribution in [-0.4, -0.2) is 17.6 Å². The van der Waals surface area contributed by atoms with Crippen molar-refractivity contribution >= 4 is 11.6 Å². The molecular formula is C17H13F3NO2. The molecule has 2 aromatic rings. The third kappa shape index (κ3) is 2.70. The summed E-state index contributed by atoms with van der Waals surface area (Å²) >= 11 is 0. The number of hydrogen-bond donors (Lipinski definition) is 2. The van der Waals surface area contributed by atoms with Gasteiger partial charge in [0, 0.05) is 11.6 Å². The Balaban J connectivity index is 2.23. The summed E-state index contributed by atoms with van der Waals surface area (Å²) < 4.78 is 40.0. The largest absolute Gasteiger partial charge is 0.416 e. The summed E-state index contributed by atoms with van der Waals surface area (Å²) in [5.74, 6) is -2.34. The number of halogens is 3. The Labute approximate surface area is 130 Å². The number of carbonyl (C=O) groups is 1. The summed E-state index contributed by atoms with van der Waals surface area (Å²) in [6, 6.07) is 12.7. The second-order valence-corrected chi connectivity index (χ2v) is 5.35. The first-order chi connectivity index (χ1) is 10.9. The highest BCUT2D eigenvalue weighted by Crippen LogP contribution is 2.44. The molecule has 1 heterocycles. The van der Waals surface area contributed by atoms with Gasteiger partial charge in [0.1, 0.15) is 0 Å². The van der Waals surface area contributed by atoms with Gasteiger partial charge in [0.15, 0.2) is 0 Å². The number of hydrogen-bond acceptors (Lipinski definition) is 2. The molecule has 0 saturated carbocycles. The number of amides is 1. The summed E-state index contributed by atoms with van der Waals surface area (Å²) in [5.41, 5.74) is 0.154. The third-order valence-corrected chi connectivity index (χ3v) is 4.03. The van der Waals surface area contributed by atoms with E-state index in [1.807, 2.05) is 0 Å². The van der Waals surface area contributed by atoms with Crippen molar-refractivity contribution in [3.05, 3.63) is 65.2 Å². The van der Waals surface area contributed by atoms with Crippen molar-refractivity contribution in [1.29, 1.82) is 0 Å². The molecule has 3 nitrogen and oxygen atoms in total. The lowest BCUT2D eigenvalue weighted by molar-refractivity contribution is -0.139. The molecule has 0 aromatic heterocycles. The molecule has 23 heavy (non-hydrogen) atoms. The summed E-state index contributed by atoms with van der Waals surface area (Å²) in [6.45, 7) is -0.541. The average Bonchev–Trinajstić information content (AvgIpc) is 2.52. The lowest BCUT2D eigenvalue weighted by Crippen LogP contribution is -2.37. The first-order valence-electron chi connectivity index (χ1n) is 7.01. The van der Waals surface area contributed by atoms with Crippen LogP contribution in [0.3, 0.4) is 0 Å². The van der Waals surface area contributed by atoms with Gasteiger partial charge >= 0.3 is 6.18 Å². The molecule has 0 bridgehead atoms. The van der Waals surface area contributed by atoms with Crippen LogP contribution in [0.4, 0.5) is 18.9 Å². The molecule has 1 amide bonds. The predicted octanol–water partition coefficient (Wildman–Crippen LogP) is 3.20. The minimum atomic E-state index is -4.54. The number of fused-ring (bicyclic) bond motifs is 1. The molecule has 1 aliphatic heterocycles. The molecule has 0 spiro atoms. The van der Waals surface area contributed by atoms with E-state index in [1.54, 1.807) is 12.1 Å². The number of alkyl halides is 3. The van der Waals surface area contributed by atoms with Crippen LogP contribution in [0.25, 0.3) is 0 Å². The maximum atomic E-state index is 13.3. The lowest BCUT2D eigenvalue weighted by Gasteiger charge is -2.33. The first-order valence-corrected chi connectivity index (χ1v) is 7.01. The van der Waals surface area contributed by atoms with E-state index < -0.39 is 36.1 Å². The Morgan fingerprint density at radius 2 is 1.91 bits per heavy atom. The van der Waals surface area contributed by atoms with Crippen LogP contribution in [0, 0.1) is 12.0 Å². The Bertz CT molecular complexity index is 743. The van der Waals surface area contributed by atoms with Crippen molar-refractivity contribution < 1.29 is 23.1 Å². The van der Waals surface area contributed by atoms with Crippen molar-refractivity contribution in [3.63, 3.8) is 0 Å². The molecule has 0 fully saturated rings. The maximum absolute atomic E-state index is 13.3. The zero-order chi connectivity index (χ0) is 16.6. The van der Waals surface area contributed by atoms with Crippen LogP contribution in [0.15, 0.2) is 42.5 Å². The number of aliphatic hydroxyl groups is 1. The Morgan fingerprint density at radius 1 is 1.17 bits per heavy atom. The Morgan fingerprint density at radius 3 is 2.61 bits per heavy atom. The second-order valence-electron chi connectivity index (χ2n) is 5.35. The fourth-order valence-corrected chi connectivity index (χ4v) is 3.01. The number of nitrogens with one attached hydrogen (secondary N) is 1. The fraction of sp³-hybridized carbons (Fsp3) is 0.235. The standard InChI is InChI=1S/C17H13F3NO2/c18-17(19,20)13-7-3-1-5-10(13)15-11-6-2-4-8-14(11)21-16(23)12(15)9-22/h1-3,5-8,12,15,22H,9H2,(H,21,23). The number of benzene rings is 2. The minimum absolute atomic E-state index is 0.0126. The van der Waals surface area contributed by atoms with Gasteiger partial charge in [0.25, 0.3) is 0 Å². The van der Waals surface area contributed by atoms with Gasteiger partial charge in [-0.15, -0.1) is 0 Å². The molecule has 2 aromatic carbocycles. The van der Waals surface area contributed by atoms with Crippen LogP contribution >= 0.6 is 0 Å². The van der Waals surface area contributed by atoms with E-state index in [4.69, 9.17) is 0 Å². The van der Waals surface area contributed by atoms with Gasteiger partial charge < -0.3 is 10.4 Å². The van der Waals surface area contributed by atoms with Crippen molar-refractivity contribution in [2.24, 2.45) is 5.92 Å². The van der Waals surface area contributed by atoms with Gasteiger partial charge in [0.05, 0.1) is 18.1 Å². The van der Waals surface area contributed by atoms with Gasteiger partial charge in [-0.05, 0) is 29.3 Å². The topological polar surface area (TPSA) is 49.3 Å². The predicted molar refractivity (Wildman–Crippen MR) is 77.8 cm³/mol. The van der Waals surface area contributed by atoms with Gasteiger partial charge in [-0.3, -0.25) is 4.79 Å². The third-order valence-electron chi connectivity index (χ3n) is 4.03. The SMILES string of the molecule is O=C1Nc2c[c]ccc2C(c2ccccc2C(F)(F)F)C1CO. The van der Waals surface area contributed by atoms with E-state index in [1.165, 1.54) is 24.3 Å². The van der Waals surface area contributed by atoms with Gasteiger partial charge in [-0.1, -0.05) is 30.3 Å². The van der Waals surface area contributed by atoms with E-state index >= 15 is 0 Å². The molecule has 119 valence electrons. The summed E-state index contributed by atoms with van der Waals surface area (Å²) in [4.78, 5) is 12.2. The van der Waals surface area contributed by atoms with E-state index in [-0.39, 0.29) is 5.56 Å². The number of anilines is 1. The number of carbonyl (C=O) groups excluding carboxylic acids is 1. The summed E-state index contributed by atoms with van der Waals surface area (Å²) in [6.07, 6.45) is -4.54. The van der Waals surface area contributed by atoms with Crippen molar-refractivity contribution in [1.82, 2.24) is 0 Å². The molecular weight excluding hydrogens is 307 g/mol. The van der Waals surface area contributed by atoms with Crippen LogP contribution in [0.1, 0.15) is 22.6 Å². The summed E-state index contributed by atoms with van der Waals surface area (Å²) in [7, 11) is 0. The number of rotatable bonds is 2. The zero-order valence-corrected chi connectivity index (χ0v) is 11.9. The smallest absolute Gasteiger partial charge is 0.396 e. The minimum Gasteiger partial charge on any atom is -0.396 e. The molecule has 1 radical (unpaired) electrons. The van der Waals surface area contributed by atoms with Gasteiger partial charge in [-0.25, -0.2) is 0 Å². The molecule has 3 rings (SSSR count). The zero-order valence-electron chi connectivity index (χ0n) is 11.9. The molecule has 2 unspecified atom stereocenters. The summed E-state index contributed by atoms with van der Waals surface area (Å²) in [5, 5.41) is 12.2. The van der Waals surface area contributed by atoms with Crippen molar-refractivity contribution in [3.8, 4) is 0 Å².